The van der Waals surface area contributed by atoms with Crippen molar-refractivity contribution >= 4 is 0 Å². The molecule has 0 amide bonds. The molecule has 3 aromatic rings. The van der Waals surface area contributed by atoms with Crippen LogP contribution in [0, 0.1) is 29.3 Å². The van der Waals surface area contributed by atoms with E-state index in [4.69, 9.17) is 9.47 Å². The van der Waals surface area contributed by atoms with Crippen molar-refractivity contribution in [3.8, 4) is 22.6 Å². The molecule has 2 fully saturated rings. The van der Waals surface area contributed by atoms with Crippen LogP contribution in [0.1, 0.15) is 75.3 Å². The molecule has 1 heterocycles. The summed E-state index contributed by atoms with van der Waals surface area (Å²) in [6.07, 6.45) is -1.86. The average molecular weight is 673 g/mol. The van der Waals surface area contributed by atoms with Gasteiger partial charge in [-0.2, -0.15) is 8.78 Å². The van der Waals surface area contributed by atoms with E-state index < -0.39 is 47.0 Å². The van der Waals surface area contributed by atoms with Gasteiger partial charge in [-0.3, -0.25) is 0 Å². The van der Waals surface area contributed by atoms with Crippen LogP contribution < -0.4 is 9.47 Å². The average Bonchev–Trinajstić information content (AvgIpc) is 3.02. The lowest BCUT2D eigenvalue weighted by Crippen LogP contribution is -2.38. The first kappa shape index (κ1) is 34.9. The van der Waals surface area contributed by atoms with Crippen LogP contribution in [0.3, 0.4) is 0 Å². The molecule has 5 rings (SSSR count). The number of hydrogen-bond acceptors (Lipinski definition) is 4. The summed E-state index contributed by atoms with van der Waals surface area (Å²) in [5.41, 5.74) is -0.902. The second kappa shape index (κ2) is 14.8. The summed E-state index contributed by atoms with van der Waals surface area (Å²) in [5.74, 6) is -4.84. The molecular weight excluding hydrogens is 636 g/mol. The van der Waals surface area contributed by atoms with Crippen LogP contribution >= 0.6 is 0 Å². The van der Waals surface area contributed by atoms with E-state index in [1.165, 1.54) is 25.3 Å². The minimum atomic E-state index is -5.13. The minimum absolute atomic E-state index is 0.0182. The van der Waals surface area contributed by atoms with Crippen LogP contribution in [0.5, 0.6) is 11.5 Å². The monoisotopic (exact) mass is 672 g/mol. The topological polar surface area (TPSA) is 36.9 Å². The van der Waals surface area contributed by atoms with Gasteiger partial charge in [-0.05, 0) is 85.5 Å². The second-order valence-electron chi connectivity index (χ2n) is 12.2. The zero-order valence-electron chi connectivity index (χ0n) is 25.7. The van der Waals surface area contributed by atoms with Crippen molar-refractivity contribution in [3.63, 3.8) is 0 Å². The number of unbranched alkanes of at least 4 members (excludes halogenated alkanes) is 2. The fraction of sp³-hybridized carbons (Fsp3) is 0.486. The van der Waals surface area contributed by atoms with Crippen molar-refractivity contribution in [2.45, 2.75) is 83.0 Å². The number of ether oxygens (including phenoxy) is 4. The maximum Gasteiger partial charge on any atom is 0.573 e. The van der Waals surface area contributed by atoms with Crippen LogP contribution in [-0.2, 0) is 15.6 Å². The predicted molar refractivity (Wildman–Crippen MR) is 157 cm³/mol. The van der Waals surface area contributed by atoms with Crippen molar-refractivity contribution in [1.29, 1.82) is 0 Å². The molecule has 1 aliphatic carbocycles. The van der Waals surface area contributed by atoms with Gasteiger partial charge in [0, 0.05) is 23.5 Å². The van der Waals surface area contributed by atoms with Gasteiger partial charge >= 0.3 is 12.5 Å². The normalized spacial score (nSPS) is 22.2. The molecule has 1 saturated carbocycles. The Kier molecular flexibility index (Phi) is 11.0. The smallest absolute Gasteiger partial charge is 0.429 e. The van der Waals surface area contributed by atoms with Gasteiger partial charge in [0.15, 0.2) is 17.9 Å². The van der Waals surface area contributed by atoms with E-state index in [2.05, 4.69) is 16.4 Å². The highest BCUT2D eigenvalue weighted by atomic mass is 19.4. The maximum absolute atomic E-state index is 15.1. The molecule has 0 unspecified atom stereocenters. The van der Waals surface area contributed by atoms with Crippen LogP contribution in [0.4, 0.5) is 35.1 Å². The molecule has 256 valence electrons. The zero-order valence-corrected chi connectivity index (χ0v) is 25.7. The van der Waals surface area contributed by atoms with E-state index in [1.54, 1.807) is 0 Å². The largest absolute Gasteiger partial charge is 0.573 e. The third kappa shape index (κ3) is 8.95. The van der Waals surface area contributed by atoms with Crippen LogP contribution in [0.25, 0.3) is 11.1 Å². The molecule has 0 bridgehead atoms. The van der Waals surface area contributed by atoms with Crippen LogP contribution in [0.2, 0.25) is 0 Å². The zero-order chi connectivity index (χ0) is 33.8. The molecule has 47 heavy (non-hydrogen) atoms. The number of hydrogen-bond donors (Lipinski definition) is 0. The molecule has 0 atom stereocenters. The van der Waals surface area contributed by atoms with Gasteiger partial charge in [0.25, 0.3) is 0 Å². The van der Waals surface area contributed by atoms with Crippen molar-refractivity contribution in [2.24, 2.45) is 11.8 Å². The first-order valence-electron chi connectivity index (χ1n) is 15.8. The van der Waals surface area contributed by atoms with E-state index in [0.29, 0.717) is 42.9 Å². The molecule has 2 aliphatic rings. The molecule has 1 aliphatic heterocycles. The Labute approximate surface area is 268 Å². The predicted octanol–water partition coefficient (Wildman–Crippen LogP) is 10.6. The van der Waals surface area contributed by atoms with Crippen molar-refractivity contribution in [2.75, 3.05) is 13.2 Å². The Morgan fingerprint density at radius 1 is 0.745 bits per heavy atom. The lowest BCUT2D eigenvalue weighted by molar-refractivity contribution is -0.275. The molecule has 1 saturated heterocycles. The summed E-state index contributed by atoms with van der Waals surface area (Å²) in [4.78, 5) is 0. The number of benzene rings is 3. The minimum Gasteiger partial charge on any atom is -0.429 e. The Morgan fingerprint density at radius 3 is 2.09 bits per heavy atom. The van der Waals surface area contributed by atoms with E-state index in [1.807, 2.05) is 0 Å². The van der Waals surface area contributed by atoms with E-state index in [9.17, 15) is 22.0 Å². The molecule has 3 aromatic carbocycles. The van der Waals surface area contributed by atoms with Gasteiger partial charge in [0.2, 0.25) is 0 Å². The highest BCUT2D eigenvalue weighted by Gasteiger charge is 2.39. The van der Waals surface area contributed by atoms with Crippen molar-refractivity contribution in [3.05, 3.63) is 83.2 Å². The molecule has 12 heteroatoms. The first-order valence-corrected chi connectivity index (χ1v) is 15.8. The quantitative estimate of drug-likeness (QED) is 0.150. The summed E-state index contributed by atoms with van der Waals surface area (Å²) in [6.45, 7) is 3.54. The van der Waals surface area contributed by atoms with Crippen molar-refractivity contribution < 1.29 is 54.1 Å². The fourth-order valence-corrected chi connectivity index (χ4v) is 6.30. The number of alkyl halides is 5. The van der Waals surface area contributed by atoms with Gasteiger partial charge < -0.3 is 18.9 Å². The van der Waals surface area contributed by atoms with Crippen LogP contribution in [0.15, 0.2) is 54.6 Å². The molecule has 4 nitrogen and oxygen atoms in total. The molecule has 0 N–H and O–H groups in total. The highest BCUT2D eigenvalue weighted by molar-refractivity contribution is 5.66. The van der Waals surface area contributed by atoms with E-state index in [-0.39, 0.29) is 29.3 Å². The molecular formula is C35H36F8O4. The first-order chi connectivity index (χ1) is 22.3. The summed E-state index contributed by atoms with van der Waals surface area (Å²) in [5, 5.41) is 0. The SMILES string of the molecule is CCCCCC1COC(C2CCC(c3ccc(C(F)(F)Oc4ccc(-c5ccc(OC(F)(F)F)c(F)c5)c(F)c4)c(F)c3)CC2)OC1. The summed E-state index contributed by atoms with van der Waals surface area (Å²) in [7, 11) is 0. The van der Waals surface area contributed by atoms with Gasteiger partial charge in [0.1, 0.15) is 17.4 Å². The van der Waals surface area contributed by atoms with E-state index in [0.717, 1.165) is 62.4 Å². The van der Waals surface area contributed by atoms with Gasteiger partial charge in [0.05, 0.1) is 18.8 Å². The van der Waals surface area contributed by atoms with Crippen molar-refractivity contribution in [1.82, 2.24) is 0 Å². The second-order valence-corrected chi connectivity index (χ2v) is 12.2. The third-order valence-corrected chi connectivity index (χ3v) is 8.80. The fourth-order valence-electron chi connectivity index (χ4n) is 6.30. The van der Waals surface area contributed by atoms with Gasteiger partial charge in [-0.25, -0.2) is 13.2 Å². The van der Waals surface area contributed by atoms with Gasteiger partial charge in [-0.1, -0.05) is 38.3 Å². The summed E-state index contributed by atoms with van der Waals surface area (Å²) < 4.78 is 132. The Bertz CT molecular complexity index is 1500. The van der Waals surface area contributed by atoms with Crippen LogP contribution in [-0.4, -0.2) is 25.9 Å². The van der Waals surface area contributed by atoms with Gasteiger partial charge in [-0.15, -0.1) is 13.2 Å². The maximum atomic E-state index is 15.1. The highest BCUT2D eigenvalue weighted by Crippen LogP contribution is 2.41. The van der Waals surface area contributed by atoms with E-state index >= 15 is 13.2 Å². The Morgan fingerprint density at radius 2 is 1.47 bits per heavy atom. The third-order valence-electron chi connectivity index (χ3n) is 8.80. The molecule has 0 aromatic heterocycles. The molecule has 0 radical (unpaired) electrons. The number of rotatable bonds is 11. The Balaban J connectivity index is 1.17. The lowest BCUT2D eigenvalue weighted by Gasteiger charge is -2.37. The Hall–Kier alpha value is -3.38. The summed E-state index contributed by atoms with van der Waals surface area (Å²) >= 11 is 0. The summed E-state index contributed by atoms with van der Waals surface area (Å²) in [6, 6.07) is 8.28. The number of halogens is 8. The standard InChI is InChI=1S/C35H36F8O4/c1-2-3-4-5-21-19-44-33(45-20-21)23-8-6-22(7-9-23)24-10-14-28(30(37)16-24)34(39,40)46-26-12-13-27(29(36)18-26)25-11-15-32(31(38)17-25)47-35(41,42)43/h10-18,21-23,33H,2-9,19-20H2,1H3. The lowest BCUT2D eigenvalue weighted by atomic mass is 9.78. The molecule has 0 spiro atoms.